The molecule has 6 heteroatoms. The van der Waals surface area contributed by atoms with Gasteiger partial charge in [-0.25, -0.2) is 8.42 Å². The molecule has 5 nitrogen and oxygen atoms in total. The van der Waals surface area contributed by atoms with Gasteiger partial charge in [0, 0.05) is 23.6 Å². The number of aliphatic carboxylic acids is 1. The topological polar surface area (TPSA) is 76.4 Å². The molecule has 114 valence electrons. The van der Waals surface area contributed by atoms with Gasteiger partial charge in [0.25, 0.3) is 0 Å². The van der Waals surface area contributed by atoms with Crippen LogP contribution in [0.5, 0.6) is 0 Å². The molecule has 1 N–H and O–H groups in total. The molecule has 2 aromatic rings. The molecule has 0 spiro atoms. The lowest BCUT2D eigenvalue weighted by Crippen LogP contribution is -2.20. The second-order valence-corrected chi connectivity index (χ2v) is 8.03. The van der Waals surface area contributed by atoms with E-state index in [1.165, 1.54) is 0 Å². The Bertz CT molecular complexity index is 759. The fourth-order valence-electron chi connectivity index (χ4n) is 2.27. The fourth-order valence-corrected chi connectivity index (χ4v) is 3.20. The molecular weight excluding hydrogens is 290 g/mol. The van der Waals surface area contributed by atoms with Crippen molar-refractivity contribution in [2.24, 2.45) is 0 Å². The summed E-state index contributed by atoms with van der Waals surface area (Å²) in [7, 11) is -3.12. The smallest absolute Gasteiger partial charge is 0.307 e. The molecule has 0 unspecified atom stereocenters. The van der Waals surface area contributed by atoms with E-state index in [-0.39, 0.29) is 12.2 Å². The summed E-state index contributed by atoms with van der Waals surface area (Å²) in [5.74, 6) is -0.844. The second kappa shape index (κ2) is 5.89. The van der Waals surface area contributed by atoms with Crippen LogP contribution in [0.3, 0.4) is 0 Å². The largest absolute Gasteiger partial charge is 0.481 e. The van der Waals surface area contributed by atoms with E-state index < -0.39 is 21.1 Å². The Labute approximate surface area is 124 Å². The zero-order chi connectivity index (χ0) is 15.6. The van der Waals surface area contributed by atoms with Crippen LogP contribution < -0.4 is 0 Å². The number of aryl methyl sites for hydroxylation is 1. The van der Waals surface area contributed by atoms with Gasteiger partial charge >= 0.3 is 5.97 Å². The Kier molecular flexibility index (Phi) is 4.37. The zero-order valence-electron chi connectivity index (χ0n) is 12.1. The van der Waals surface area contributed by atoms with Crippen LogP contribution in [0, 0.1) is 0 Å². The lowest BCUT2D eigenvalue weighted by atomic mass is 10.1. The van der Waals surface area contributed by atoms with Gasteiger partial charge in [-0.2, -0.15) is 0 Å². The first-order chi connectivity index (χ1) is 9.81. The van der Waals surface area contributed by atoms with Crippen LogP contribution in [-0.4, -0.2) is 35.1 Å². The number of sulfone groups is 1. The van der Waals surface area contributed by atoms with Crippen molar-refractivity contribution in [3.05, 3.63) is 36.0 Å². The number of hydrogen-bond acceptors (Lipinski definition) is 3. The number of hydrogen-bond donors (Lipinski definition) is 1. The molecule has 0 atom stereocenters. The maximum atomic E-state index is 11.9. The lowest BCUT2D eigenvalue weighted by Gasteiger charge is -2.09. The number of para-hydroxylation sites is 1. The van der Waals surface area contributed by atoms with Gasteiger partial charge in [-0.15, -0.1) is 0 Å². The summed E-state index contributed by atoms with van der Waals surface area (Å²) in [5.41, 5.74) is 1.58. The minimum absolute atomic E-state index is 0.0514. The van der Waals surface area contributed by atoms with Gasteiger partial charge in [-0.05, 0) is 25.5 Å². The van der Waals surface area contributed by atoms with Crippen molar-refractivity contribution >= 4 is 26.7 Å². The third-order valence-electron chi connectivity index (χ3n) is 3.55. The third-order valence-corrected chi connectivity index (χ3v) is 5.74. The van der Waals surface area contributed by atoms with E-state index in [9.17, 15) is 13.2 Å². The number of nitrogens with zero attached hydrogens (tertiary/aromatic N) is 1. The number of benzene rings is 1. The summed E-state index contributed by atoms with van der Waals surface area (Å²) in [4.78, 5) is 10.9. The van der Waals surface area contributed by atoms with E-state index in [1.54, 1.807) is 20.0 Å². The van der Waals surface area contributed by atoms with Crippen molar-refractivity contribution in [2.45, 2.75) is 32.1 Å². The summed E-state index contributed by atoms with van der Waals surface area (Å²) < 4.78 is 25.7. The molecule has 1 aromatic heterocycles. The van der Waals surface area contributed by atoms with Crippen molar-refractivity contribution in [1.82, 2.24) is 4.57 Å². The lowest BCUT2D eigenvalue weighted by molar-refractivity contribution is -0.136. The first-order valence-corrected chi connectivity index (χ1v) is 8.53. The molecule has 1 heterocycles. The molecule has 21 heavy (non-hydrogen) atoms. The summed E-state index contributed by atoms with van der Waals surface area (Å²) in [6.07, 6.45) is 1.68. The summed E-state index contributed by atoms with van der Waals surface area (Å²) >= 11 is 0. The van der Waals surface area contributed by atoms with Gasteiger partial charge in [0.15, 0.2) is 9.84 Å². The minimum atomic E-state index is -3.12. The fraction of sp³-hybridized carbons (Fsp3) is 0.400. The zero-order valence-corrected chi connectivity index (χ0v) is 12.9. The molecular formula is C15H19NO4S. The molecule has 2 rings (SSSR count). The van der Waals surface area contributed by atoms with Gasteiger partial charge in [0.05, 0.1) is 17.4 Å². The van der Waals surface area contributed by atoms with E-state index in [0.717, 1.165) is 10.9 Å². The highest BCUT2D eigenvalue weighted by molar-refractivity contribution is 7.91. The highest BCUT2D eigenvalue weighted by atomic mass is 32.2. The standard InChI is InChI=1S/C15H19NO4S/c1-11(2)21(19,20)8-7-16-10-12(9-15(17)18)13-5-3-4-6-14(13)16/h3-6,10-11H,7-9H2,1-2H3,(H,17,18). The number of fused-ring (bicyclic) bond motifs is 1. The molecule has 0 bridgehead atoms. The second-order valence-electron chi connectivity index (χ2n) is 5.35. The molecule has 0 amide bonds. The Hall–Kier alpha value is -1.82. The summed E-state index contributed by atoms with van der Waals surface area (Å²) in [6.45, 7) is 3.67. The Balaban J connectivity index is 2.34. The van der Waals surface area contributed by atoms with Crippen molar-refractivity contribution < 1.29 is 18.3 Å². The number of aromatic nitrogens is 1. The van der Waals surface area contributed by atoms with Crippen LogP contribution >= 0.6 is 0 Å². The van der Waals surface area contributed by atoms with E-state index in [1.807, 2.05) is 28.8 Å². The monoisotopic (exact) mass is 309 g/mol. The van der Waals surface area contributed by atoms with E-state index in [0.29, 0.717) is 12.1 Å². The van der Waals surface area contributed by atoms with Crippen molar-refractivity contribution in [3.8, 4) is 0 Å². The molecule has 0 aliphatic rings. The molecule has 0 aliphatic heterocycles. The number of carboxylic acid groups (broad SMARTS) is 1. The predicted molar refractivity (Wildman–Crippen MR) is 82.2 cm³/mol. The average Bonchev–Trinajstić information content (AvgIpc) is 2.74. The number of carboxylic acids is 1. The van der Waals surface area contributed by atoms with Gasteiger partial charge in [-0.3, -0.25) is 4.79 Å². The quantitative estimate of drug-likeness (QED) is 0.886. The van der Waals surface area contributed by atoms with E-state index >= 15 is 0 Å². The highest BCUT2D eigenvalue weighted by Gasteiger charge is 2.17. The molecule has 0 radical (unpaired) electrons. The Morgan fingerprint density at radius 2 is 1.95 bits per heavy atom. The molecule has 0 saturated carbocycles. The van der Waals surface area contributed by atoms with Crippen LogP contribution in [0.25, 0.3) is 10.9 Å². The highest BCUT2D eigenvalue weighted by Crippen LogP contribution is 2.22. The first-order valence-electron chi connectivity index (χ1n) is 6.81. The number of carbonyl (C=O) groups is 1. The Morgan fingerprint density at radius 1 is 1.29 bits per heavy atom. The maximum absolute atomic E-state index is 11.9. The van der Waals surface area contributed by atoms with Crippen molar-refractivity contribution in [2.75, 3.05) is 5.75 Å². The van der Waals surface area contributed by atoms with Crippen LogP contribution in [-0.2, 0) is 27.6 Å². The van der Waals surface area contributed by atoms with Gasteiger partial charge in [-0.1, -0.05) is 18.2 Å². The van der Waals surface area contributed by atoms with Gasteiger partial charge in [0.2, 0.25) is 0 Å². The van der Waals surface area contributed by atoms with Crippen molar-refractivity contribution in [3.63, 3.8) is 0 Å². The van der Waals surface area contributed by atoms with Crippen LogP contribution in [0.1, 0.15) is 19.4 Å². The van der Waals surface area contributed by atoms with Crippen LogP contribution in [0.2, 0.25) is 0 Å². The molecule has 0 saturated heterocycles. The van der Waals surface area contributed by atoms with Crippen molar-refractivity contribution in [1.29, 1.82) is 0 Å². The normalized spacial score (nSPS) is 12.1. The van der Waals surface area contributed by atoms with Gasteiger partial charge in [0.1, 0.15) is 0 Å². The third kappa shape index (κ3) is 3.44. The maximum Gasteiger partial charge on any atom is 0.307 e. The predicted octanol–water partition coefficient (Wildman–Crippen LogP) is 2.09. The molecule has 0 fully saturated rings. The van der Waals surface area contributed by atoms with E-state index in [4.69, 9.17) is 5.11 Å². The Morgan fingerprint density at radius 3 is 2.57 bits per heavy atom. The molecule has 1 aromatic carbocycles. The first kappa shape index (κ1) is 15.6. The van der Waals surface area contributed by atoms with E-state index in [2.05, 4.69) is 0 Å². The summed E-state index contributed by atoms with van der Waals surface area (Å²) in [6, 6.07) is 7.45. The average molecular weight is 309 g/mol. The summed E-state index contributed by atoms with van der Waals surface area (Å²) in [5, 5.41) is 9.42. The SMILES string of the molecule is CC(C)S(=O)(=O)CCn1cc(CC(=O)O)c2ccccc21. The molecule has 0 aliphatic carbocycles. The van der Waals surface area contributed by atoms with Gasteiger partial charge < -0.3 is 9.67 Å². The van der Waals surface area contributed by atoms with Crippen LogP contribution in [0.15, 0.2) is 30.5 Å². The number of rotatable bonds is 6. The minimum Gasteiger partial charge on any atom is -0.481 e. The van der Waals surface area contributed by atoms with Crippen LogP contribution in [0.4, 0.5) is 0 Å².